The van der Waals surface area contributed by atoms with Crippen molar-refractivity contribution in [3.63, 3.8) is 0 Å². The number of unbranched alkanes of at least 4 members (excludes halogenated alkanes) is 2. The van der Waals surface area contributed by atoms with Gasteiger partial charge in [-0.1, -0.05) is 68.3 Å². The van der Waals surface area contributed by atoms with Crippen molar-refractivity contribution in [3.8, 4) is 11.5 Å². The minimum Gasteiger partial charge on any atom is -0.494 e. The van der Waals surface area contributed by atoms with E-state index >= 15 is 0 Å². The van der Waals surface area contributed by atoms with Gasteiger partial charge in [0.05, 0.1) is 18.8 Å². The summed E-state index contributed by atoms with van der Waals surface area (Å²) >= 11 is 0. The molecule has 0 aliphatic rings. The summed E-state index contributed by atoms with van der Waals surface area (Å²) in [4.78, 5) is 12.5. The normalized spacial score (nSPS) is 11.0. The Labute approximate surface area is 196 Å². The second-order valence-corrected chi connectivity index (χ2v) is 7.86. The first-order valence-electron chi connectivity index (χ1n) is 11.5. The molecule has 172 valence electrons. The van der Waals surface area contributed by atoms with E-state index in [1.807, 2.05) is 30.3 Å². The Morgan fingerprint density at radius 3 is 1.97 bits per heavy atom. The third-order valence-electron chi connectivity index (χ3n) is 5.24. The van der Waals surface area contributed by atoms with Gasteiger partial charge in [0, 0.05) is 7.11 Å². The predicted molar refractivity (Wildman–Crippen MR) is 134 cm³/mol. The van der Waals surface area contributed by atoms with Gasteiger partial charge in [0.15, 0.2) is 0 Å². The van der Waals surface area contributed by atoms with E-state index < -0.39 is 0 Å². The quantitative estimate of drug-likeness (QED) is 0.133. The molecule has 0 N–H and O–H groups in total. The second kappa shape index (κ2) is 13.2. The molecule has 0 bridgehead atoms. The highest BCUT2D eigenvalue weighted by atomic mass is 16.5. The summed E-state index contributed by atoms with van der Waals surface area (Å²) < 4.78 is 16.3. The number of hydrogen-bond acceptors (Lipinski definition) is 4. The van der Waals surface area contributed by atoms with Crippen LogP contribution in [0.3, 0.4) is 0 Å². The van der Waals surface area contributed by atoms with E-state index in [1.54, 1.807) is 31.4 Å². The maximum Gasteiger partial charge on any atom is 0.343 e. The number of hydrogen-bond donors (Lipinski definition) is 0. The predicted octanol–water partition coefficient (Wildman–Crippen LogP) is 6.83. The lowest BCUT2D eigenvalue weighted by molar-refractivity contribution is 0.0734. The van der Waals surface area contributed by atoms with Crippen LogP contribution in [0.5, 0.6) is 11.5 Å². The van der Waals surface area contributed by atoms with Crippen LogP contribution < -0.4 is 9.47 Å². The third-order valence-corrected chi connectivity index (χ3v) is 5.24. The van der Waals surface area contributed by atoms with Crippen LogP contribution in [0.15, 0.2) is 72.8 Å². The minimum absolute atomic E-state index is 0.381. The zero-order valence-electron chi connectivity index (χ0n) is 19.5. The smallest absolute Gasteiger partial charge is 0.343 e. The molecule has 0 amide bonds. The maximum atomic E-state index is 12.5. The van der Waals surface area contributed by atoms with Gasteiger partial charge in [-0.3, -0.25) is 0 Å². The molecule has 4 heteroatoms. The lowest BCUT2D eigenvalue weighted by Gasteiger charge is -2.08. The minimum atomic E-state index is -0.381. The van der Waals surface area contributed by atoms with Gasteiger partial charge < -0.3 is 14.2 Å². The van der Waals surface area contributed by atoms with E-state index in [9.17, 15) is 4.79 Å². The van der Waals surface area contributed by atoms with Crippen LogP contribution in [0, 0.1) is 0 Å². The van der Waals surface area contributed by atoms with E-state index in [-0.39, 0.29) is 5.97 Å². The van der Waals surface area contributed by atoms with Crippen LogP contribution in [0.25, 0.3) is 12.2 Å². The van der Waals surface area contributed by atoms with Crippen molar-refractivity contribution in [2.24, 2.45) is 0 Å². The maximum absolute atomic E-state index is 12.5. The monoisotopic (exact) mass is 444 g/mol. The Morgan fingerprint density at radius 1 is 0.758 bits per heavy atom. The summed E-state index contributed by atoms with van der Waals surface area (Å²) in [6, 6.07) is 23.0. The molecule has 0 unspecified atom stereocenters. The Kier molecular flexibility index (Phi) is 9.74. The van der Waals surface area contributed by atoms with Crippen LogP contribution in [-0.4, -0.2) is 26.3 Å². The van der Waals surface area contributed by atoms with Crippen molar-refractivity contribution in [2.45, 2.75) is 32.6 Å². The van der Waals surface area contributed by atoms with Crippen molar-refractivity contribution >= 4 is 18.1 Å². The zero-order chi connectivity index (χ0) is 23.3. The topological polar surface area (TPSA) is 44.8 Å². The molecular weight excluding hydrogens is 412 g/mol. The molecule has 0 atom stereocenters. The van der Waals surface area contributed by atoms with Crippen LogP contribution in [-0.2, 0) is 11.2 Å². The first kappa shape index (κ1) is 24.3. The first-order valence-corrected chi connectivity index (χ1v) is 11.5. The summed E-state index contributed by atoms with van der Waals surface area (Å²) in [6.07, 6.45) is 8.36. The average Bonchev–Trinajstić information content (AvgIpc) is 2.86. The average molecular weight is 445 g/mol. The molecule has 3 aromatic carbocycles. The van der Waals surface area contributed by atoms with Crippen LogP contribution in [0.1, 0.15) is 53.2 Å². The molecule has 0 heterocycles. The van der Waals surface area contributed by atoms with E-state index in [2.05, 4.69) is 37.3 Å². The van der Waals surface area contributed by atoms with E-state index in [0.29, 0.717) is 17.9 Å². The Balaban J connectivity index is 1.51. The SMILES string of the molecule is CCCCCOc1ccc(OC(=O)c2ccc(/C=C/c3ccc(CCOC)cc3)cc2)cc1. The standard InChI is InChI=1S/C29H32O4/c1-3-4-5-21-32-27-16-18-28(19-17-27)33-29(30)26-14-12-24(13-15-26)7-6-23-8-10-25(11-9-23)20-22-31-2/h6-19H,3-5,20-22H2,1-2H3/b7-6+. The van der Waals surface area contributed by atoms with Crippen molar-refractivity contribution in [3.05, 3.63) is 95.1 Å². The van der Waals surface area contributed by atoms with Crippen LogP contribution >= 0.6 is 0 Å². The number of carbonyl (C=O) groups excluding carboxylic acids is 1. The zero-order valence-corrected chi connectivity index (χ0v) is 19.5. The fraction of sp³-hybridized carbons (Fsp3) is 0.276. The summed E-state index contributed by atoms with van der Waals surface area (Å²) in [5, 5.41) is 0. The second-order valence-electron chi connectivity index (χ2n) is 7.86. The molecule has 4 nitrogen and oxygen atoms in total. The molecule has 0 aliphatic carbocycles. The molecule has 0 aliphatic heterocycles. The number of benzene rings is 3. The first-order chi connectivity index (χ1) is 16.2. The molecular formula is C29H32O4. The van der Waals surface area contributed by atoms with Crippen molar-refractivity contribution in [2.75, 3.05) is 20.3 Å². The summed E-state index contributed by atoms with van der Waals surface area (Å²) in [5.74, 6) is 0.902. The molecule has 33 heavy (non-hydrogen) atoms. The van der Waals surface area contributed by atoms with Crippen molar-refractivity contribution in [1.29, 1.82) is 0 Å². The molecule has 3 rings (SSSR count). The lowest BCUT2D eigenvalue weighted by atomic mass is 10.1. The third kappa shape index (κ3) is 8.24. The number of esters is 1. The largest absolute Gasteiger partial charge is 0.494 e. The number of methoxy groups -OCH3 is 1. The van der Waals surface area contributed by atoms with Crippen molar-refractivity contribution in [1.82, 2.24) is 0 Å². The fourth-order valence-corrected chi connectivity index (χ4v) is 3.25. The summed E-state index contributed by atoms with van der Waals surface area (Å²) in [5.41, 5.74) is 3.90. The Morgan fingerprint density at radius 2 is 1.36 bits per heavy atom. The van der Waals surface area contributed by atoms with Gasteiger partial charge in [-0.05, 0) is 65.9 Å². The molecule has 0 saturated carbocycles. The number of ether oxygens (including phenoxy) is 3. The molecule has 0 aromatic heterocycles. The fourth-order valence-electron chi connectivity index (χ4n) is 3.25. The lowest BCUT2D eigenvalue weighted by Crippen LogP contribution is -2.08. The number of rotatable bonds is 12. The summed E-state index contributed by atoms with van der Waals surface area (Å²) in [6.45, 7) is 3.59. The van der Waals surface area contributed by atoms with Gasteiger partial charge >= 0.3 is 5.97 Å². The van der Waals surface area contributed by atoms with Crippen LogP contribution in [0.4, 0.5) is 0 Å². The van der Waals surface area contributed by atoms with Crippen LogP contribution in [0.2, 0.25) is 0 Å². The van der Waals surface area contributed by atoms with E-state index in [0.717, 1.165) is 42.7 Å². The summed E-state index contributed by atoms with van der Waals surface area (Å²) in [7, 11) is 1.71. The van der Waals surface area contributed by atoms with Gasteiger partial charge in [0.25, 0.3) is 0 Å². The molecule has 0 spiro atoms. The highest BCUT2D eigenvalue weighted by Crippen LogP contribution is 2.19. The van der Waals surface area contributed by atoms with Gasteiger partial charge in [-0.15, -0.1) is 0 Å². The molecule has 0 fully saturated rings. The Bertz CT molecular complexity index is 1000. The molecule has 3 aromatic rings. The van der Waals surface area contributed by atoms with E-state index in [1.165, 1.54) is 12.0 Å². The highest BCUT2D eigenvalue weighted by Gasteiger charge is 2.08. The van der Waals surface area contributed by atoms with E-state index in [4.69, 9.17) is 14.2 Å². The van der Waals surface area contributed by atoms with Gasteiger partial charge in [0.1, 0.15) is 11.5 Å². The molecule has 0 saturated heterocycles. The Hall–Kier alpha value is -3.37. The van der Waals surface area contributed by atoms with Gasteiger partial charge in [0.2, 0.25) is 0 Å². The van der Waals surface area contributed by atoms with Crippen molar-refractivity contribution < 1.29 is 19.0 Å². The van der Waals surface area contributed by atoms with Gasteiger partial charge in [-0.25, -0.2) is 4.79 Å². The number of carbonyl (C=O) groups is 1. The molecule has 0 radical (unpaired) electrons. The van der Waals surface area contributed by atoms with Gasteiger partial charge in [-0.2, -0.15) is 0 Å². The highest BCUT2D eigenvalue weighted by molar-refractivity contribution is 5.91.